The van der Waals surface area contributed by atoms with Gasteiger partial charge in [0.1, 0.15) is 16.4 Å². The summed E-state index contributed by atoms with van der Waals surface area (Å²) in [4.78, 5) is 17.4. The highest BCUT2D eigenvalue weighted by molar-refractivity contribution is 7.13. The number of nitrogen functional groups attached to an aromatic ring is 1. The van der Waals surface area contributed by atoms with Gasteiger partial charge in [0, 0.05) is 17.3 Å². The fourth-order valence-electron chi connectivity index (χ4n) is 2.53. The molecule has 0 aliphatic rings. The Balaban J connectivity index is 1.62. The molecule has 9 heteroatoms. The lowest BCUT2D eigenvalue weighted by Gasteiger charge is -2.02. The molecule has 4 aromatic rings. The van der Waals surface area contributed by atoms with Crippen molar-refractivity contribution in [3.63, 3.8) is 0 Å². The summed E-state index contributed by atoms with van der Waals surface area (Å²) in [5, 5.41) is 11.1. The van der Waals surface area contributed by atoms with Gasteiger partial charge in [-0.25, -0.2) is 19.6 Å². The molecule has 2 N–H and O–H groups in total. The van der Waals surface area contributed by atoms with Crippen LogP contribution < -0.4 is 5.73 Å². The number of nitrogens with zero attached hydrogens (tertiary/aromatic N) is 7. The summed E-state index contributed by atoms with van der Waals surface area (Å²) >= 11 is 1.49. The number of aryl methyl sites for hydroxylation is 1. The second-order valence-electron chi connectivity index (χ2n) is 5.61. The van der Waals surface area contributed by atoms with Gasteiger partial charge in [-0.15, -0.1) is 16.4 Å². The first-order valence-corrected chi connectivity index (χ1v) is 8.99. The third-order valence-corrected chi connectivity index (χ3v) is 4.54. The van der Waals surface area contributed by atoms with Crippen molar-refractivity contribution in [3.8, 4) is 22.1 Å². The standard InChI is InChI=1S/C17H16N8S/c1-2-11-4-3-5-12(20-11)9-25-10-15(23-24-25)13-8-14(22-17(18)21-13)16-19-6-7-26-16/h3-8,10H,2,9H2,1H3,(H2,18,21,22). The maximum atomic E-state index is 5.85. The predicted molar refractivity (Wildman–Crippen MR) is 99.3 cm³/mol. The Morgan fingerprint density at radius 1 is 1.08 bits per heavy atom. The molecule has 4 aromatic heterocycles. The van der Waals surface area contributed by atoms with Crippen LogP contribution in [0.15, 0.2) is 42.0 Å². The fraction of sp³-hybridized carbons (Fsp3) is 0.176. The Bertz CT molecular complexity index is 1020. The molecular weight excluding hydrogens is 348 g/mol. The van der Waals surface area contributed by atoms with E-state index in [9.17, 15) is 0 Å². The smallest absolute Gasteiger partial charge is 0.221 e. The van der Waals surface area contributed by atoms with Crippen molar-refractivity contribution >= 4 is 17.3 Å². The molecule has 4 heterocycles. The van der Waals surface area contributed by atoms with Crippen LogP contribution in [-0.2, 0) is 13.0 Å². The van der Waals surface area contributed by atoms with E-state index in [1.54, 1.807) is 10.9 Å². The largest absolute Gasteiger partial charge is 0.368 e. The van der Waals surface area contributed by atoms with Crippen molar-refractivity contribution in [2.24, 2.45) is 0 Å². The number of nitrogens with two attached hydrogens (primary N) is 1. The molecule has 0 bridgehead atoms. The minimum atomic E-state index is 0.180. The Morgan fingerprint density at radius 3 is 2.73 bits per heavy atom. The van der Waals surface area contributed by atoms with Gasteiger partial charge in [-0.3, -0.25) is 4.98 Å². The van der Waals surface area contributed by atoms with E-state index < -0.39 is 0 Å². The zero-order chi connectivity index (χ0) is 17.9. The van der Waals surface area contributed by atoms with Crippen LogP contribution in [0.5, 0.6) is 0 Å². The number of thiazole rings is 1. The normalized spacial score (nSPS) is 11.0. The number of hydrogen-bond donors (Lipinski definition) is 1. The van der Waals surface area contributed by atoms with Crippen LogP contribution >= 0.6 is 11.3 Å². The summed E-state index contributed by atoms with van der Waals surface area (Å²) < 4.78 is 1.73. The first-order chi connectivity index (χ1) is 12.7. The Morgan fingerprint density at radius 2 is 1.92 bits per heavy atom. The van der Waals surface area contributed by atoms with Gasteiger partial charge in [0.15, 0.2) is 0 Å². The maximum Gasteiger partial charge on any atom is 0.221 e. The second kappa shape index (κ2) is 6.96. The van der Waals surface area contributed by atoms with Crippen LogP contribution in [0.3, 0.4) is 0 Å². The quantitative estimate of drug-likeness (QED) is 0.579. The second-order valence-corrected chi connectivity index (χ2v) is 6.50. The molecule has 0 amide bonds. The monoisotopic (exact) mass is 364 g/mol. The van der Waals surface area contributed by atoms with E-state index >= 15 is 0 Å². The third kappa shape index (κ3) is 3.42. The lowest BCUT2D eigenvalue weighted by atomic mass is 10.2. The molecule has 0 aliphatic carbocycles. The van der Waals surface area contributed by atoms with E-state index in [4.69, 9.17) is 5.73 Å². The highest BCUT2D eigenvalue weighted by Gasteiger charge is 2.12. The molecule has 0 spiro atoms. The van der Waals surface area contributed by atoms with Crippen molar-refractivity contribution in [2.75, 3.05) is 5.73 Å². The average molecular weight is 364 g/mol. The van der Waals surface area contributed by atoms with E-state index in [-0.39, 0.29) is 5.95 Å². The van der Waals surface area contributed by atoms with Gasteiger partial charge in [-0.05, 0) is 24.6 Å². The van der Waals surface area contributed by atoms with Crippen LogP contribution in [-0.4, -0.2) is 34.9 Å². The van der Waals surface area contributed by atoms with Crippen LogP contribution in [0, 0.1) is 0 Å². The molecule has 0 aromatic carbocycles. The number of aromatic nitrogens is 7. The average Bonchev–Trinajstić information content (AvgIpc) is 3.33. The van der Waals surface area contributed by atoms with E-state index in [0.29, 0.717) is 23.6 Å². The summed E-state index contributed by atoms with van der Waals surface area (Å²) in [6, 6.07) is 7.81. The zero-order valence-electron chi connectivity index (χ0n) is 14.1. The number of rotatable bonds is 5. The van der Waals surface area contributed by atoms with Gasteiger partial charge in [0.2, 0.25) is 5.95 Å². The topological polar surface area (TPSA) is 108 Å². The van der Waals surface area contributed by atoms with Gasteiger partial charge in [0.25, 0.3) is 0 Å². The molecule has 0 radical (unpaired) electrons. The molecule has 0 saturated carbocycles. The van der Waals surface area contributed by atoms with Gasteiger partial charge in [-0.2, -0.15) is 0 Å². The minimum absolute atomic E-state index is 0.180. The molecule has 0 unspecified atom stereocenters. The van der Waals surface area contributed by atoms with E-state index in [0.717, 1.165) is 22.8 Å². The molecule has 130 valence electrons. The van der Waals surface area contributed by atoms with E-state index in [1.165, 1.54) is 11.3 Å². The maximum absolute atomic E-state index is 5.85. The SMILES string of the molecule is CCc1cccc(Cn2cc(-c3cc(-c4nccs4)nc(N)n3)nn2)n1. The van der Waals surface area contributed by atoms with Crippen molar-refractivity contribution in [1.82, 2.24) is 34.9 Å². The lowest BCUT2D eigenvalue weighted by molar-refractivity contribution is 0.636. The van der Waals surface area contributed by atoms with Crippen LogP contribution in [0.1, 0.15) is 18.3 Å². The number of pyridine rings is 1. The zero-order valence-corrected chi connectivity index (χ0v) is 14.9. The van der Waals surface area contributed by atoms with Crippen LogP contribution in [0.4, 0.5) is 5.95 Å². The summed E-state index contributed by atoms with van der Waals surface area (Å²) in [5.74, 6) is 0.180. The molecule has 4 rings (SSSR count). The number of anilines is 1. The van der Waals surface area contributed by atoms with Crippen LogP contribution in [0.2, 0.25) is 0 Å². The molecule has 0 saturated heterocycles. The Hall–Kier alpha value is -3.20. The predicted octanol–water partition coefficient (Wildman–Crippen LogP) is 2.45. The van der Waals surface area contributed by atoms with Crippen molar-refractivity contribution in [2.45, 2.75) is 19.9 Å². The van der Waals surface area contributed by atoms with Gasteiger partial charge >= 0.3 is 0 Å². The minimum Gasteiger partial charge on any atom is -0.368 e. The Kier molecular flexibility index (Phi) is 4.36. The highest BCUT2D eigenvalue weighted by Crippen LogP contribution is 2.24. The third-order valence-electron chi connectivity index (χ3n) is 3.75. The molecule has 8 nitrogen and oxygen atoms in total. The highest BCUT2D eigenvalue weighted by atomic mass is 32.1. The van der Waals surface area contributed by atoms with Gasteiger partial charge in [-0.1, -0.05) is 18.2 Å². The summed E-state index contributed by atoms with van der Waals surface area (Å²) in [5.41, 5.74) is 9.77. The van der Waals surface area contributed by atoms with Crippen molar-refractivity contribution in [3.05, 3.63) is 53.4 Å². The van der Waals surface area contributed by atoms with Gasteiger partial charge < -0.3 is 5.73 Å². The lowest BCUT2D eigenvalue weighted by Crippen LogP contribution is -2.03. The Labute approximate surface area is 153 Å². The van der Waals surface area contributed by atoms with Crippen LogP contribution in [0.25, 0.3) is 22.1 Å². The summed E-state index contributed by atoms with van der Waals surface area (Å²) in [6.07, 6.45) is 4.45. The van der Waals surface area contributed by atoms with Gasteiger partial charge in [0.05, 0.1) is 24.1 Å². The molecular formula is C17H16N8S. The van der Waals surface area contributed by atoms with E-state index in [1.807, 2.05) is 35.8 Å². The fourth-order valence-corrected chi connectivity index (χ4v) is 3.13. The molecule has 0 fully saturated rings. The first-order valence-electron chi connectivity index (χ1n) is 8.11. The summed E-state index contributed by atoms with van der Waals surface area (Å²) in [7, 11) is 0. The summed E-state index contributed by atoms with van der Waals surface area (Å²) in [6.45, 7) is 2.62. The first kappa shape index (κ1) is 16.3. The van der Waals surface area contributed by atoms with Crippen molar-refractivity contribution < 1.29 is 0 Å². The van der Waals surface area contributed by atoms with E-state index in [2.05, 4.69) is 37.2 Å². The molecule has 0 aliphatic heterocycles. The molecule has 0 atom stereocenters. The number of hydrogen-bond acceptors (Lipinski definition) is 8. The van der Waals surface area contributed by atoms with Crippen molar-refractivity contribution in [1.29, 1.82) is 0 Å². The molecule has 26 heavy (non-hydrogen) atoms.